The van der Waals surface area contributed by atoms with Crippen molar-refractivity contribution < 1.29 is 9.90 Å². The van der Waals surface area contributed by atoms with Crippen LogP contribution in [0.2, 0.25) is 0 Å². The summed E-state index contributed by atoms with van der Waals surface area (Å²) in [6.45, 7) is 8.10. The van der Waals surface area contributed by atoms with Gasteiger partial charge < -0.3 is 15.0 Å². The number of fused-ring (bicyclic) bond motifs is 4. The number of anilines is 1. The van der Waals surface area contributed by atoms with Crippen molar-refractivity contribution in [2.45, 2.75) is 63.9 Å². The number of aliphatic hydroxyl groups is 1. The van der Waals surface area contributed by atoms with Crippen LogP contribution in [-0.2, 0) is 11.8 Å². The van der Waals surface area contributed by atoms with E-state index in [1.807, 2.05) is 18.2 Å². The van der Waals surface area contributed by atoms with Gasteiger partial charge in [-0.2, -0.15) is 5.26 Å². The Morgan fingerprint density at radius 1 is 1.18 bits per heavy atom. The van der Waals surface area contributed by atoms with Gasteiger partial charge in [0.1, 0.15) is 0 Å². The number of carbonyl (C=O) groups excluding carboxylic acids is 1. The van der Waals surface area contributed by atoms with Gasteiger partial charge in [0.25, 0.3) is 0 Å². The van der Waals surface area contributed by atoms with Crippen molar-refractivity contribution in [2.75, 3.05) is 18.0 Å². The highest BCUT2D eigenvalue weighted by molar-refractivity contribution is 6.20. The van der Waals surface area contributed by atoms with Crippen molar-refractivity contribution in [3.05, 3.63) is 63.8 Å². The van der Waals surface area contributed by atoms with E-state index >= 15 is 0 Å². The summed E-state index contributed by atoms with van der Waals surface area (Å²) < 4.78 is 0. The molecule has 0 bridgehead atoms. The van der Waals surface area contributed by atoms with E-state index in [9.17, 15) is 15.2 Å². The molecular formula is C29H31N3O2. The Labute approximate surface area is 200 Å². The SMILES string of the molecule is CCc1cc(C#N)cc2[nH]c3c(c12)C(=O)c1ccc(N2CCC(O)(C4CC4)CC2)cc1C3(C)C. The summed E-state index contributed by atoms with van der Waals surface area (Å²) in [6, 6.07) is 12.3. The van der Waals surface area contributed by atoms with Gasteiger partial charge in [-0.25, -0.2) is 0 Å². The number of ketones is 1. The number of benzene rings is 2. The van der Waals surface area contributed by atoms with Gasteiger partial charge >= 0.3 is 0 Å². The van der Waals surface area contributed by atoms with Crippen LogP contribution in [0.25, 0.3) is 10.9 Å². The van der Waals surface area contributed by atoms with Gasteiger partial charge in [0, 0.05) is 46.4 Å². The van der Waals surface area contributed by atoms with Crippen molar-refractivity contribution in [3.63, 3.8) is 0 Å². The van der Waals surface area contributed by atoms with Crippen LogP contribution >= 0.6 is 0 Å². The summed E-state index contributed by atoms with van der Waals surface area (Å²) in [7, 11) is 0. The minimum absolute atomic E-state index is 0.0586. The van der Waals surface area contributed by atoms with E-state index in [4.69, 9.17) is 0 Å². The first-order chi connectivity index (χ1) is 16.3. The molecule has 3 aromatic rings. The number of carbonyl (C=O) groups is 1. The molecule has 0 atom stereocenters. The minimum Gasteiger partial charge on any atom is -0.389 e. The summed E-state index contributed by atoms with van der Waals surface area (Å²) in [5.41, 5.74) is 6.27. The molecule has 2 aromatic carbocycles. The van der Waals surface area contributed by atoms with Gasteiger partial charge in [-0.3, -0.25) is 4.79 Å². The van der Waals surface area contributed by atoms with E-state index < -0.39 is 5.60 Å². The lowest BCUT2D eigenvalue weighted by Gasteiger charge is -2.40. The monoisotopic (exact) mass is 453 g/mol. The molecule has 6 rings (SSSR count). The van der Waals surface area contributed by atoms with Crippen LogP contribution in [0.5, 0.6) is 0 Å². The maximum atomic E-state index is 13.8. The standard InChI is InChI=1S/C29H31N3O2/c1-4-18-13-17(16-30)14-23-24(18)25-26(33)21-8-7-20(15-22(21)28(2,3)27(25)31-23)32-11-9-29(34,10-12-32)19-5-6-19/h7-8,13-15,19,31,34H,4-6,9-12H2,1-3H3. The number of aromatic nitrogens is 1. The zero-order valence-corrected chi connectivity index (χ0v) is 20.2. The molecule has 1 aromatic heterocycles. The summed E-state index contributed by atoms with van der Waals surface area (Å²) >= 11 is 0. The molecule has 1 aliphatic heterocycles. The topological polar surface area (TPSA) is 80.1 Å². The van der Waals surface area contributed by atoms with Crippen molar-refractivity contribution in [1.29, 1.82) is 5.26 Å². The molecule has 5 heteroatoms. The largest absolute Gasteiger partial charge is 0.389 e. The number of aromatic amines is 1. The fraction of sp³-hybridized carbons (Fsp3) is 0.448. The number of aryl methyl sites for hydroxylation is 1. The fourth-order valence-electron chi connectivity index (χ4n) is 6.35. The summed E-state index contributed by atoms with van der Waals surface area (Å²) in [5.74, 6) is 0.549. The highest BCUT2D eigenvalue weighted by atomic mass is 16.3. The molecule has 0 radical (unpaired) electrons. The molecule has 2 heterocycles. The Hall–Kier alpha value is -3.10. The van der Waals surface area contributed by atoms with E-state index in [0.29, 0.717) is 11.5 Å². The molecule has 0 spiro atoms. The highest BCUT2D eigenvalue weighted by Crippen LogP contribution is 2.47. The number of hydrogen-bond donors (Lipinski definition) is 2. The normalized spacial score (nSPS) is 20.7. The van der Waals surface area contributed by atoms with Crippen LogP contribution in [0.3, 0.4) is 0 Å². The highest BCUT2D eigenvalue weighted by Gasteiger charge is 2.46. The van der Waals surface area contributed by atoms with Crippen LogP contribution in [0.4, 0.5) is 5.69 Å². The molecule has 2 aliphatic carbocycles. The number of H-pyrrole nitrogens is 1. The van der Waals surface area contributed by atoms with Gasteiger partial charge in [0.05, 0.1) is 22.8 Å². The molecule has 5 nitrogen and oxygen atoms in total. The van der Waals surface area contributed by atoms with Crippen LogP contribution in [0, 0.1) is 17.2 Å². The molecule has 0 amide bonds. The van der Waals surface area contributed by atoms with Gasteiger partial charge in [-0.1, -0.05) is 20.8 Å². The lowest BCUT2D eigenvalue weighted by atomic mass is 9.71. The number of rotatable bonds is 3. The second-order valence-electron chi connectivity index (χ2n) is 10.9. The molecule has 34 heavy (non-hydrogen) atoms. The smallest absolute Gasteiger partial charge is 0.195 e. The molecule has 174 valence electrons. The van der Waals surface area contributed by atoms with Crippen molar-refractivity contribution in [3.8, 4) is 6.07 Å². The molecule has 1 saturated heterocycles. The minimum atomic E-state index is -0.488. The molecule has 2 fully saturated rings. The maximum absolute atomic E-state index is 13.8. The third-order valence-corrected chi connectivity index (χ3v) is 8.59. The van der Waals surface area contributed by atoms with E-state index in [-0.39, 0.29) is 11.2 Å². The fourth-order valence-corrected chi connectivity index (χ4v) is 6.35. The third-order valence-electron chi connectivity index (χ3n) is 8.59. The summed E-state index contributed by atoms with van der Waals surface area (Å²) in [4.78, 5) is 19.7. The number of hydrogen-bond acceptors (Lipinski definition) is 4. The predicted octanol–water partition coefficient (Wildman–Crippen LogP) is 5.21. The van der Waals surface area contributed by atoms with Crippen LogP contribution < -0.4 is 4.90 Å². The lowest BCUT2D eigenvalue weighted by molar-refractivity contribution is -0.00531. The Kier molecular flexibility index (Phi) is 4.54. The second-order valence-corrected chi connectivity index (χ2v) is 10.9. The second kappa shape index (κ2) is 7.20. The summed E-state index contributed by atoms with van der Waals surface area (Å²) in [5, 5.41) is 21.4. The maximum Gasteiger partial charge on any atom is 0.195 e. The molecule has 0 unspecified atom stereocenters. The lowest BCUT2D eigenvalue weighted by Crippen LogP contribution is -2.46. The first-order valence-electron chi connectivity index (χ1n) is 12.5. The number of piperidine rings is 1. The average Bonchev–Trinajstić information content (AvgIpc) is 3.63. The van der Waals surface area contributed by atoms with Gasteiger partial charge in [-0.05, 0) is 79.5 Å². The van der Waals surface area contributed by atoms with E-state index in [0.717, 1.165) is 89.7 Å². The number of nitrogens with one attached hydrogen (secondary N) is 1. The number of nitrogens with zero attached hydrogens (tertiary/aromatic N) is 2. The Morgan fingerprint density at radius 2 is 1.91 bits per heavy atom. The Bertz CT molecular complexity index is 1380. The predicted molar refractivity (Wildman–Crippen MR) is 134 cm³/mol. The van der Waals surface area contributed by atoms with Crippen LogP contribution in [0.1, 0.15) is 84.8 Å². The Morgan fingerprint density at radius 3 is 2.56 bits per heavy atom. The molecule has 2 N–H and O–H groups in total. The molecule has 1 saturated carbocycles. The Balaban J connectivity index is 1.42. The molecule has 3 aliphatic rings. The first-order valence-corrected chi connectivity index (χ1v) is 12.5. The van der Waals surface area contributed by atoms with Crippen molar-refractivity contribution in [1.82, 2.24) is 4.98 Å². The van der Waals surface area contributed by atoms with E-state index in [1.165, 1.54) is 0 Å². The molecular weight excluding hydrogens is 422 g/mol. The zero-order chi connectivity index (χ0) is 23.8. The van der Waals surface area contributed by atoms with E-state index in [1.54, 1.807) is 0 Å². The van der Waals surface area contributed by atoms with Gasteiger partial charge in [-0.15, -0.1) is 0 Å². The van der Waals surface area contributed by atoms with E-state index in [2.05, 4.69) is 48.9 Å². The zero-order valence-electron chi connectivity index (χ0n) is 20.2. The summed E-state index contributed by atoms with van der Waals surface area (Å²) in [6.07, 6.45) is 4.70. The quantitative estimate of drug-likeness (QED) is 0.570. The third kappa shape index (κ3) is 2.98. The number of nitriles is 1. The van der Waals surface area contributed by atoms with Gasteiger partial charge in [0.15, 0.2) is 5.78 Å². The van der Waals surface area contributed by atoms with Crippen LogP contribution in [-0.4, -0.2) is 34.6 Å². The van der Waals surface area contributed by atoms with Crippen LogP contribution in [0.15, 0.2) is 30.3 Å². The van der Waals surface area contributed by atoms with Crippen molar-refractivity contribution >= 4 is 22.4 Å². The van der Waals surface area contributed by atoms with Gasteiger partial charge in [0.2, 0.25) is 0 Å². The van der Waals surface area contributed by atoms with Crippen molar-refractivity contribution in [2.24, 2.45) is 5.92 Å². The average molecular weight is 454 g/mol. The first kappa shape index (κ1) is 21.4.